The summed E-state index contributed by atoms with van der Waals surface area (Å²) in [5, 5.41) is 13.8. The fourth-order valence-corrected chi connectivity index (χ4v) is 1.74. The predicted octanol–water partition coefficient (Wildman–Crippen LogP) is 2.18. The monoisotopic (exact) mass is 259 g/mol. The quantitative estimate of drug-likeness (QED) is 0.807. The molecule has 0 saturated carbocycles. The minimum absolute atomic E-state index is 0.0589. The van der Waals surface area contributed by atoms with Gasteiger partial charge in [-0.1, -0.05) is 19.8 Å². The topological polar surface area (TPSA) is 72.7 Å². The number of aromatic nitrogens is 4. The van der Waals surface area contributed by atoms with E-state index < -0.39 is 0 Å². The second kappa shape index (κ2) is 6.63. The van der Waals surface area contributed by atoms with Gasteiger partial charge in [-0.25, -0.2) is 4.68 Å². The van der Waals surface area contributed by atoms with E-state index in [-0.39, 0.29) is 5.91 Å². The number of carbonyl (C=O) groups excluding carboxylic acids is 1. The first-order valence-electron chi connectivity index (χ1n) is 6.43. The molecule has 1 amide bonds. The van der Waals surface area contributed by atoms with Crippen LogP contribution in [0.5, 0.6) is 0 Å². The van der Waals surface area contributed by atoms with Crippen LogP contribution in [0, 0.1) is 0 Å². The molecule has 0 aliphatic carbocycles. The molecule has 0 aliphatic rings. The van der Waals surface area contributed by atoms with E-state index in [4.69, 9.17) is 0 Å². The van der Waals surface area contributed by atoms with Crippen LogP contribution in [0.25, 0.3) is 5.69 Å². The Hall–Kier alpha value is -2.24. The van der Waals surface area contributed by atoms with E-state index in [9.17, 15) is 4.79 Å². The van der Waals surface area contributed by atoms with Gasteiger partial charge in [0.15, 0.2) is 0 Å². The van der Waals surface area contributed by atoms with Gasteiger partial charge in [-0.05, 0) is 41.1 Å². The molecular formula is C13H17N5O. The predicted molar refractivity (Wildman–Crippen MR) is 71.9 cm³/mol. The van der Waals surface area contributed by atoms with Crippen molar-refractivity contribution in [1.29, 1.82) is 0 Å². The molecule has 1 aromatic heterocycles. The van der Waals surface area contributed by atoms with Crippen LogP contribution in [-0.4, -0.2) is 26.1 Å². The van der Waals surface area contributed by atoms with Crippen molar-refractivity contribution in [2.24, 2.45) is 0 Å². The summed E-state index contributed by atoms with van der Waals surface area (Å²) in [6.07, 6.45) is 5.24. The molecule has 19 heavy (non-hydrogen) atoms. The number of hydrogen-bond donors (Lipinski definition) is 1. The van der Waals surface area contributed by atoms with Gasteiger partial charge in [-0.2, -0.15) is 0 Å². The molecule has 0 saturated heterocycles. The van der Waals surface area contributed by atoms with Gasteiger partial charge >= 0.3 is 0 Å². The number of rotatable bonds is 6. The zero-order valence-corrected chi connectivity index (χ0v) is 10.9. The largest absolute Gasteiger partial charge is 0.326 e. The minimum atomic E-state index is 0.0589. The molecule has 6 nitrogen and oxygen atoms in total. The van der Waals surface area contributed by atoms with Crippen LogP contribution in [0.15, 0.2) is 30.6 Å². The SMILES string of the molecule is CCCCCC(=O)Nc1ccc(-n2cnnn2)cc1. The molecule has 1 heterocycles. The fraction of sp³-hybridized carbons (Fsp3) is 0.385. The highest BCUT2D eigenvalue weighted by Gasteiger charge is 2.03. The smallest absolute Gasteiger partial charge is 0.224 e. The second-order valence-corrected chi connectivity index (χ2v) is 4.31. The molecule has 1 N–H and O–H groups in total. The summed E-state index contributed by atoms with van der Waals surface area (Å²) >= 11 is 0. The number of unbranched alkanes of at least 4 members (excludes halogenated alkanes) is 2. The van der Waals surface area contributed by atoms with Crippen molar-refractivity contribution < 1.29 is 4.79 Å². The molecule has 0 unspecified atom stereocenters. The van der Waals surface area contributed by atoms with Crippen molar-refractivity contribution in [3.05, 3.63) is 30.6 Å². The zero-order valence-electron chi connectivity index (χ0n) is 10.9. The highest BCUT2D eigenvalue weighted by molar-refractivity contribution is 5.90. The third kappa shape index (κ3) is 3.87. The molecule has 1 aromatic carbocycles. The Morgan fingerprint density at radius 2 is 2.05 bits per heavy atom. The normalized spacial score (nSPS) is 10.4. The molecule has 0 radical (unpaired) electrons. The van der Waals surface area contributed by atoms with E-state index in [1.54, 1.807) is 4.68 Å². The maximum absolute atomic E-state index is 11.7. The lowest BCUT2D eigenvalue weighted by molar-refractivity contribution is -0.116. The van der Waals surface area contributed by atoms with Gasteiger partial charge in [0.25, 0.3) is 0 Å². The molecule has 0 atom stereocenters. The maximum Gasteiger partial charge on any atom is 0.224 e. The highest BCUT2D eigenvalue weighted by atomic mass is 16.1. The summed E-state index contributed by atoms with van der Waals surface area (Å²) in [5.41, 5.74) is 1.65. The van der Waals surface area contributed by atoms with Gasteiger partial charge in [-0.3, -0.25) is 4.79 Å². The van der Waals surface area contributed by atoms with E-state index >= 15 is 0 Å². The van der Waals surface area contributed by atoms with Crippen molar-refractivity contribution in [3.8, 4) is 5.69 Å². The van der Waals surface area contributed by atoms with Crippen molar-refractivity contribution in [3.63, 3.8) is 0 Å². The molecule has 100 valence electrons. The van der Waals surface area contributed by atoms with E-state index in [1.807, 2.05) is 24.3 Å². The van der Waals surface area contributed by atoms with Crippen LogP contribution in [0.1, 0.15) is 32.6 Å². The molecule has 2 rings (SSSR count). The second-order valence-electron chi connectivity index (χ2n) is 4.31. The van der Waals surface area contributed by atoms with Crippen molar-refractivity contribution in [1.82, 2.24) is 20.2 Å². The maximum atomic E-state index is 11.7. The fourth-order valence-electron chi connectivity index (χ4n) is 1.74. The summed E-state index contributed by atoms with van der Waals surface area (Å²) in [7, 11) is 0. The lowest BCUT2D eigenvalue weighted by Gasteiger charge is -2.06. The summed E-state index contributed by atoms with van der Waals surface area (Å²) in [4.78, 5) is 11.7. The lowest BCUT2D eigenvalue weighted by Crippen LogP contribution is -2.11. The van der Waals surface area contributed by atoms with Crippen LogP contribution in [0.3, 0.4) is 0 Å². The Morgan fingerprint density at radius 1 is 1.26 bits per heavy atom. The number of tetrazole rings is 1. The summed E-state index contributed by atoms with van der Waals surface area (Å²) < 4.78 is 1.56. The molecule has 0 fully saturated rings. The van der Waals surface area contributed by atoms with Gasteiger partial charge < -0.3 is 5.32 Å². The highest BCUT2D eigenvalue weighted by Crippen LogP contribution is 2.12. The Balaban J connectivity index is 1.90. The number of benzene rings is 1. The Bertz CT molecular complexity index is 506. The first-order chi connectivity index (χ1) is 9.29. The third-order valence-electron chi connectivity index (χ3n) is 2.77. The van der Waals surface area contributed by atoms with Gasteiger partial charge in [0, 0.05) is 12.1 Å². The number of nitrogens with one attached hydrogen (secondary N) is 1. The van der Waals surface area contributed by atoms with Crippen LogP contribution in [0.2, 0.25) is 0 Å². The molecular weight excluding hydrogens is 242 g/mol. The van der Waals surface area contributed by atoms with Gasteiger partial charge in [-0.15, -0.1) is 5.10 Å². The van der Waals surface area contributed by atoms with Crippen LogP contribution >= 0.6 is 0 Å². The molecule has 0 aliphatic heterocycles. The number of anilines is 1. The van der Waals surface area contributed by atoms with E-state index in [0.717, 1.165) is 30.6 Å². The first-order valence-corrected chi connectivity index (χ1v) is 6.43. The van der Waals surface area contributed by atoms with E-state index in [1.165, 1.54) is 6.33 Å². The molecule has 0 bridgehead atoms. The number of nitrogens with zero attached hydrogens (tertiary/aromatic N) is 4. The Kier molecular flexibility index (Phi) is 4.60. The van der Waals surface area contributed by atoms with Crippen molar-refractivity contribution in [2.75, 3.05) is 5.32 Å². The molecule has 0 spiro atoms. The van der Waals surface area contributed by atoms with Gasteiger partial charge in [0.1, 0.15) is 6.33 Å². The van der Waals surface area contributed by atoms with Crippen LogP contribution < -0.4 is 5.32 Å². The summed E-state index contributed by atoms with van der Waals surface area (Å²) in [5.74, 6) is 0.0589. The lowest BCUT2D eigenvalue weighted by atomic mass is 10.2. The molecule has 6 heteroatoms. The van der Waals surface area contributed by atoms with Gasteiger partial charge in [0.05, 0.1) is 5.69 Å². The van der Waals surface area contributed by atoms with E-state index in [2.05, 4.69) is 27.8 Å². The van der Waals surface area contributed by atoms with Crippen LogP contribution in [-0.2, 0) is 4.79 Å². The number of carbonyl (C=O) groups is 1. The summed E-state index contributed by atoms with van der Waals surface area (Å²) in [6.45, 7) is 2.12. The van der Waals surface area contributed by atoms with Crippen molar-refractivity contribution >= 4 is 11.6 Å². The van der Waals surface area contributed by atoms with E-state index in [0.29, 0.717) is 6.42 Å². The third-order valence-corrected chi connectivity index (χ3v) is 2.77. The number of hydrogen-bond acceptors (Lipinski definition) is 4. The van der Waals surface area contributed by atoms with Gasteiger partial charge in [0.2, 0.25) is 5.91 Å². The average Bonchev–Trinajstić information content (AvgIpc) is 2.94. The Morgan fingerprint density at radius 3 is 2.68 bits per heavy atom. The Labute approximate surface area is 111 Å². The minimum Gasteiger partial charge on any atom is -0.326 e. The van der Waals surface area contributed by atoms with Crippen LogP contribution in [0.4, 0.5) is 5.69 Å². The number of amides is 1. The standard InChI is InChI=1S/C13H17N5O/c1-2-3-4-5-13(19)15-11-6-8-12(9-7-11)18-10-14-16-17-18/h6-10H,2-5H2,1H3,(H,15,19). The summed E-state index contributed by atoms with van der Waals surface area (Å²) in [6, 6.07) is 7.40. The first kappa shape index (κ1) is 13.2. The zero-order chi connectivity index (χ0) is 13.5. The average molecular weight is 259 g/mol. The van der Waals surface area contributed by atoms with Crippen molar-refractivity contribution in [2.45, 2.75) is 32.6 Å². The molecule has 2 aromatic rings.